The number of ether oxygens (including phenoxy) is 3. The highest BCUT2D eigenvalue weighted by Gasteiger charge is 2.38. The van der Waals surface area contributed by atoms with E-state index < -0.39 is 0 Å². The predicted molar refractivity (Wildman–Crippen MR) is 145 cm³/mol. The van der Waals surface area contributed by atoms with Crippen molar-refractivity contribution in [3.8, 4) is 17.2 Å². The largest absolute Gasteiger partial charge is 0.497 e. The number of fused-ring (bicyclic) bond motifs is 4. The highest BCUT2D eigenvalue weighted by Crippen LogP contribution is 2.57. The molecule has 0 N–H and O–H groups in total. The van der Waals surface area contributed by atoms with E-state index in [1.54, 1.807) is 14.2 Å². The summed E-state index contributed by atoms with van der Waals surface area (Å²) in [7, 11) is 5.71. The van der Waals surface area contributed by atoms with Crippen molar-refractivity contribution in [2.45, 2.75) is 44.1 Å². The van der Waals surface area contributed by atoms with Gasteiger partial charge in [-0.25, -0.2) is 0 Å². The average molecular weight is 482 g/mol. The zero-order valence-electron chi connectivity index (χ0n) is 21.5. The standard InChI is InChI=1S/C32H35NO3/c1-33-17-6-8-23(33)16-18-36-24-13-10-22(11-14-24)30-31-26-9-5-4-7-21(26)12-15-27(31)28-19-25(34-2)20-29(35-3)32(28)30/h4-5,7,9-11,13-14,19-20,23,30H,6,8,12,15-18H2,1-3H3. The second-order valence-corrected chi connectivity index (χ2v) is 10.3. The van der Waals surface area contributed by atoms with Gasteiger partial charge in [-0.2, -0.15) is 0 Å². The monoisotopic (exact) mass is 481 g/mol. The van der Waals surface area contributed by atoms with E-state index in [1.165, 1.54) is 58.3 Å². The molecular formula is C32H35NO3. The van der Waals surface area contributed by atoms with Gasteiger partial charge < -0.3 is 19.1 Å². The topological polar surface area (TPSA) is 30.9 Å². The van der Waals surface area contributed by atoms with Gasteiger partial charge in [-0.3, -0.25) is 0 Å². The maximum atomic E-state index is 6.16. The highest BCUT2D eigenvalue weighted by molar-refractivity contribution is 6.04. The van der Waals surface area contributed by atoms with E-state index in [4.69, 9.17) is 14.2 Å². The second kappa shape index (κ2) is 9.67. The van der Waals surface area contributed by atoms with E-state index in [9.17, 15) is 0 Å². The van der Waals surface area contributed by atoms with Crippen LogP contribution in [0.3, 0.4) is 0 Å². The van der Waals surface area contributed by atoms with Crippen molar-refractivity contribution < 1.29 is 14.2 Å². The Morgan fingerprint density at radius 3 is 2.47 bits per heavy atom. The molecule has 0 radical (unpaired) electrons. The summed E-state index contributed by atoms with van der Waals surface area (Å²) in [5, 5.41) is 0. The van der Waals surface area contributed by atoms with Crippen molar-refractivity contribution in [2.24, 2.45) is 0 Å². The minimum absolute atomic E-state index is 0.124. The molecule has 1 fully saturated rings. The van der Waals surface area contributed by atoms with Crippen LogP contribution >= 0.6 is 0 Å². The lowest BCUT2D eigenvalue weighted by Crippen LogP contribution is -2.26. The van der Waals surface area contributed by atoms with Gasteiger partial charge in [-0.15, -0.1) is 0 Å². The molecule has 1 heterocycles. The normalized spacial score (nSPS) is 20.6. The fourth-order valence-electron chi connectivity index (χ4n) is 6.49. The summed E-state index contributed by atoms with van der Waals surface area (Å²) < 4.78 is 17.8. The van der Waals surface area contributed by atoms with Gasteiger partial charge in [-0.05, 0) is 97.3 Å². The summed E-state index contributed by atoms with van der Waals surface area (Å²) in [6, 6.07) is 22.5. The van der Waals surface area contributed by atoms with Crippen LogP contribution in [-0.2, 0) is 6.42 Å². The van der Waals surface area contributed by atoms with Gasteiger partial charge in [0.25, 0.3) is 0 Å². The first-order chi connectivity index (χ1) is 17.7. The molecule has 36 heavy (non-hydrogen) atoms. The van der Waals surface area contributed by atoms with Crippen LogP contribution in [0.15, 0.2) is 60.7 Å². The molecule has 3 aromatic rings. The highest BCUT2D eigenvalue weighted by atomic mass is 16.5. The van der Waals surface area contributed by atoms with Gasteiger partial charge in [0.05, 0.1) is 20.8 Å². The Bertz CT molecular complexity index is 1290. The van der Waals surface area contributed by atoms with Gasteiger partial charge in [-0.1, -0.05) is 36.4 Å². The molecule has 1 aliphatic heterocycles. The first-order valence-corrected chi connectivity index (χ1v) is 13.2. The zero-order valence-corrected chi connectivity index (χ0v) is 21.5. The van der Waals surface area contributed by atoms with Crippen LogP contribution in [0, 0.1) is 0 Å². The average Bonchev–Trinajstić information content (AvgIpc) is 3.49. The first-order valence-electron chi connectivity index (χ1n) is 13.2. The van der Waals surface area contributed by atoms with Crippen molar-refractivity contribution in [3.63, 3.8) is 0 Å². The van der Waals surface area contributed by atoms with E-state index in [0.29, 0.717) is 6.04 Å². The van der Waals surface area contributed by atoms with Crippen molar-refractivity contribution in [3.05, 3.63) is 88.5 Å². The maximum Gasteiger partial charge on any atom is 0.127 e. The second-order valence-electron chi connectivity index (χ2n) is 10.3. The van der Waals surface area contributed by atoms with Crippen LogP contribution < -0.4 is 14.2 Å². The van der Waals surface area contributed by atoms with Crippen molar-refractivity contribution >= 4 is 11.1 Å². The van der Waals surface area contributed by atoms with Gasteiger partial charge in [0.1, 0.15) is 17.2 Å². The minimum Gasteiger partial charge on any atom is -0.497 e. The number of hydrogen-bond donors (Lipinski definition) is 0. The molecule has 0 bridgehead atoms. The summed E-state index contributed by atoms with van der Waals surface area (Å²) in [6.45, 7) is 1.97. The SMILES string of the molecule is COc1cc(OC)c2c(c1)C1=C(c3ccccc3CC1)C2c1ccc(OCCC2CCCN2C)cc1. The zero-order chi connectivity index (χ0) is 24.6. The van der Waals surface area contributed by atoms with Crippen LogP contribution in [0.1, 0.15) is 59.4 Å². The Balaban J connectivity index is 1.35. The van der Waals surface area contributed by atoms with Crippen LogP contribution in [0.2, 0.25) is 0 Å². The molecule has 1 saturated heterocycles. The molecule has 0 spiro atoms. The van der Waals surface area contributed by atoms with Crippen LogP contribution in [-0.4, -0.2) is 45.4 Å². The van der Waals surface area contributed by atoms with E-state index in [1.807, 2.05) is 6.07 Å². The fourth-order valence-corrected chi connectivity index (χ4v) is 6.49. The van der Waals surface area contributed by atoms with Gasteiger partial charge in [0.15, 0.2) is 0 Å². The lowest BCUT2D eigenvalue weighted by molar-refractivity contribution is 0.233. The lowest BCUT2D eigenvalue weighted by Gasteiger charge is -2.24. The number of benzene rings is 3. The van der Waals surface area contributed by atoms with E-state index >= 15 is 0 Å². The molecule has 2 aliphatic carbocycles. The van der Waals surface area contributed by atoms with Crippen LogP contribution in [0.5, 0.6) is 17.2 Å². The maximum absolute atomic E-state index is 6.16. The van der Waals surface area contributed by atoms with Gasteiger partial charge in [0, 0.05) is 23.6 Å². The summed E-state index contributed by atoms with van der Waals surface area (Å²) in [5.41, 5.74) is 9.41. The Kier molecular flexibility index (Phi) is 6.22. The summed E-state index contributed by atoms with van der Waals surface area (Å²) >= 11 is 0. The Morgan fingerprint density at radius 1 is 0.889 bits per heavy atom. The number of rotatable bonds is 7. The van der Waals surface area contributed by atoms with E-state index in [0.717, 1.165) is 43.1 Å². The molecule has 0 amide bonds. The smallest absolute Gasteiger partial charge is 0.127 e. The summed E-state index contributed by atoms with van der Waals surface area (Å²) in [5.74, 6) is 2.80. The van der Waals surface area contributed by atoms with Crippen molar-refractivity contribution in [1.29, 1.82) is 0 Å². The lowest BCUT2D eigenvalue weighted by atomic mass is 9.79. The number of likely N-dealkylation sites (tertiary alicyclic amines) is 1. The Labute approximate surface area is 214 Å². The van der Waals surface area contributed by atoms with Crippen LogP contribution in [0.25, 0.3) is 11.1 Å². The summed E-state index contributed by atoms with van der Waals surface area (Å²) in [6.07, 6.45) is 5.76. The van der Waals surface area contributed by atoms with Crippen molar-refractivity contribution in [2.75, 3.05) is 34.4 Å². The number of nitrogens with zero attached hydrogens (tertiary/aromatic N) is 1. The predicted octanol–water partition coefficient (Wildman–Crippen LogP) is 6.57. The third kappa shape index (κ3) is 3.98. The molecule has 3 aliphatic rings. The molecule has 4 nitrogen and oxygen atoms in total. The minimum atomic E-state index is 0.124. The van der Waals surface area contributed by atoms with Gasteiger partial charge in [0.2, 0.25) is 0 Å². The van der Waals surface area contributed by atoms with E-state index in [-0.39, 0.29) is 5.92 Å². The molecule has 0 aromatic heterocycles. The number of allylic oxidation sites excluding steroid dienone is 2. The third-order valence-corrected chi connectivity index (χ3v) is 8.36. The van der Waals surface area contributed by atoms with Crippen LogP contribution in [0.4, 0.5) is 0 Å². The van der Waals surface area contributed by atoms with E-state index in [2.05, 4.69) is 66.5 Å². The third-order valence-electron chi connectivity index (χ3n) is 8.36. The molecular weight excluding hydrogens is 446 g/mol. The number of aryl methyl sites for hydroxylation is 1. The number of hydrogen-bond acceptors (Lipinski definition) is 4. The molecule has 6 rings (SSSR count). The molecule has 4 heteroatoms. The molecule has 2 unspecified atom stereocenters. The summed E-state index contributed by atoms with van der Waals surface area (Å²) in [4.78, 5) is 2.46. The molecule has 0 saturated carbocycles. The van der Waals surface area contributed by atoms with Gasteiger partial charge >= 0.3 is 0 Å². The Hall–Kier alpha value is -3.24. The quantitative estimate of drug-likeness (QED) is 0.382. The number of methoxy groups -OCH3 is 2. The Morgan fingerprint density at radius 2 is 1.72 bits per heavy atom. The first kappa shape index (κ1) is 23.2. The molecule has 2 atom stereocenters. The molecule has 186 valence electrons. The fraction of sp³-hybridized carbons (Fsp3) is 0.375. The van der Waals surface area contributed by atoms with Crippen molar-refractivity contribution in [1.82, 2.24) is 4.90 Å². The molecule has 3 aromatic carbocycles.